The SMILES string of the molecule is CN1C(=O)C[C@@H](CNCC2=Cc3ccccc3OC2)[C@@H]1c1nccn1C. The number of aryl methyl sites for hydroxylation is 1. The summed E-state index contributed by atoms with van der Waals surface area (Å²) >= 11 is 0. The molecule has 1 saturated heterocycles. The molecule has 6 nitrogen and oxygen atoms in total. The lowest BCUT2D eigenvalue weighted by Gasteiger charge is -2.25. The quantitative estimate of drug-likeness (QED) is 0.894. The van der Waals surface area contributed by atoms with Crippen LogP contribution in [0.2, 0.25) is 0 Å². The number of amides is 1. The first-order valence-electron chi connectivity index (χ1n) is 8.98. The Labute approximate surface area is 153 Å². The van der Waals surface area contributed by atoms with E-state index in [1.165, 1.54) is 5.57 Å². The zero-order valence-electron chi connectivity index (χ0n) is 15.2. The van der Waals surface area contributed by atoms with Crippen LogP contribution in [0, 0.1) is 5.92 Å². The van der Waals surface area contributed by atoms with Crippen molar-refractivity contribution in [2.75, 3.05) is 26.7 Å². The number of nitrogens with zero attached hydrogens (tertiary/aromatic N) is 3. The van der Waals surface area contributed by atoms with Gasteiger partial charge in [0, 0.05) is 57.5 Å². The average Bonchev–Trinajstić information content (AvgIpc) is 3.18. The molecule has 0 aliphatic carbocycles. The fourth-order valence-electron chi connectivity index (χ4n) is 3.86. The summed E-state index contributed by atoms with van der Waals surface area (Å²) in [4.78, 5) is 18.5. The first-order chi connectivity index (χ1) is 12.6. The number of imidazole rings is 1. The van der Waals surface area contributed by atoms with Gasteiger partial charge in [-0.25, -0.2) is 4.98 Å². The van der Waals surface area contributed by atoms with Crippen LogP contribution < -0.4 is 10.1 Å². The predicted octanol–water partition coefficient (Wildman–Crippen LogP) is 2.01. The molecular formula is C20H24N4O2. The number of nitrogens with one attached hydrogen (secondary N) is 1. The second kappa shape index (κ2) is 6.96. The Kier molecular flexibility index (Phi) is 4.51. The van der Waals surface area contributed by atoms with Gasteiger partial charge in [0.15, 0.2) is 0 Å². The van der Waals surface area contributed by atoms with E-state index in [1.807, 2.05) is 48.0 Å². The monoisotopic (exact) mass is 352 g/mol. The number of aromatic nitrogens is 2. The molecule has 0 radical (unpaired) electrons. The number of para-hydroxylation sites is 1. The molecule has 1 aromatic heterocycles. The molecule has 1 aromatic carbocycles. The largest absolute Gasteiger partial charge is 0.489 e. The first-order valence-corrected chi connectivity index (χ1v) is 8.98. The zero-order valence-corrected chi connectivity index (χ0v) is 15.2. The minimum absolute atomic E-state index is 0.0207. The molecule has 4 rings (SSSR count). The third kappa shape index (κ3) is 3.12. The van der Waals surface area contributed by atoms with Crippen molar-refractivity contribution in [3.63, 3.8) is 0 Å². The Bertz CT molecular complexity index is 842. The normalized spacial score (nSPS) is 22.2. The van der Waals surface area contributed by atoms with Gasteiger partial charge in [0.2, 0.25) is 5.91 Å². The maximum Gasteiger partial charge on any atom is 0.223 e. The van der Waals surface area contributed by atoms with Crippen LogP contribution in [0.25, 0.3) is 6.08 Å². The van der Waals surface area contributed by atoms with Gasteiger partial charge in [0.25, 0.3) is 0 Å². The second-order valence-electron chi connectivity index (χ2n) is 7.07. The summed E-state index contributed by atoms with van der Waals surface area (Å²) < 4.78 is 7.81. The van der Waals surface area contributed by atoms with Crippen LogP contribution in [-0.4, -0.2) is 47.1 Å². The van der Waals surface area contributed by atoms with Gasteiger partial charge in [0.1, 0.15) is 18.2 Å². The maximum atomic E-state index is 12.2. The molecule has 0 saturated carbocycles. The van der Waals surface area contributed by atoms with E-state index in [0.717, 1.165) is 30.2 Å². The number of ether oxygens (including phenoxy) is 1. The van der Waals surface area contributed by atoms with E-state index in [4.69, 9.17) is 4.74 Å². The topological polar surface area (TPSA) is 59.4 Å². The molecule has 136 valence electrons. The van der Waals surface area contributed by atoms with Crippen LogP contribution >= 0.6 is 0 Å². The van der Waals surface area contributed by atoms with Gasteiger partial charge < -0.3 is 19.5 Å². The third-order valence-electron chi connectivity index (χ3n) is 5.27. The minimum Gasteiger partial charge on any atom is -0.489 e. The van der Waals surface area contributed by atoms with Crippen molar-refractivity contribution in [3.8, 4) is 5.75 Å². The summed E-state index contributed by atoms with van der Waals surface area (Å²) in [6, 6.07) is 8.09. The van der Waals surface area contributed by atoms with Gasteiger partial charge in [0.05, 0.1) is 6.04 Å². The summed E-state index contributed by atoms with van der Waals surface area (Å²) in [6.45, 7) is 2.14. The molecule has 0 unspecified atom stereocenters. The van der Waals surface area contributed by atoms with Crippen molar-refractivity contribution in [1.29, 1.82) is 0 Å². The lowest BCUT2D eigenvalue weighted by molar-refractivity contribution is -0.127. The number of carbonyl (C=O) groups is 1. The summed E-state index contributed by atoms with van der Waals surface area (Å²) in [5.74, 6) is 2.28. The molecule has 2 aromatic rings. The summed E-state index contributed by atoms with van der Waals surface area (Å²) in [5.41, 5.74) is 2.34. The highest BCUT2D eigenvalue weighted by molar-refractivity contribution is 5.79. The van der Waals surface area contributed by atoms with E-state index in [-0.39, 0.29) is 17.9 Å². The van der Waals surface area contributed by atoms with Gasteiger partial charge in [-0.3, -0.25) is 4.79 Å². The highest BCUT2D eigenvalue weighted by atomic mass is 16.5. The van der Waals surface area contributed by atoms with Crippen LogP contribution in [0.1, 0.15) is 23.9 Å². The maximum absolute atomic E-state index is 12.2. The molecule has 0 spiro atoms. The van der Waals surface area contributed by atoms with E-state index in [1.54, 1.807) is 6.20 Å². The van der Waals surface area contributed by atoms with Crippen LogP contribution in [0.15, 0.2) is 42.2 Å². The number of benzene rings is 1. The highest BCUT2D eigenvalue weighted by Gasteiger charge is 2.40. The first kappa shape index (κ1) is 16.8. The summed E-state index contributed by atoms with van der Waals surface area (Å²) in [6.07, 6.45) is 6.46. The van der Waals surface area contributed by atoms with Crippen molar-refractivity contribution < 1.29 is 9.53 Å². The number of hydrogen-bond acceptors (Lipinski definition) is 4. The van der Waals surface area contributed by atoms with Gasteiger partial charge >= 0.3 is 0 Å². The smallest absolute Gasteiger partial charge is 0.223 e. The van der Waals surface area contributed by atoms with Crippen LogP contribution in [-0.2, 0) is 11.8 Å². The average molecular weight is 352 g/mol. The van der Waals surface area contributed by atoms with Crippen LogP contribution in [0.4, 0.5) is 0 Å². The van der Waals surface area contributed by atoms with Crippen molar-refractivity contribution in [3.05, 3.63) is 53.6 Å². The van der Waals surface area contributed by atoms with Gasteiger partial charge in [-0.1, -0.05) is 18.2 Å². The number of rotatable bonds is 5. The molecule has 1 amide bonds. The van der Waals surface area contributed by atoms with Crippen molar-refractivity contribution in [1.82, 2.24) is 19.8 Å². The van der Waals surface area contributed by atoms with Crippen LogP contribution in [0.3, 0.4) is 0 Å². The Morgan fingerprint density at radius 2 is 2.15 bits per heavy atom. The standard InChI is InChI=1S/C20H24N4O2/c1-23-8-7-22-20(23)19-16(10-18(25)24(19)2)12-21-11-14-9-15-5-3-4-6-17(15)26-13-14/h3-9,16,19,21H,10-13H2,1-2H3/t16-,19+/m0/s1. The summed E-state index contributed by atoms with van der Waals surface area (Å²) in [7, 11) is 3.85. The molecule has 2 atom stereocenters. The molecule has 0 bridgehead atoms. The Hall–Kier alpha value is -2.60. The van der Waals surface area contributed by atoms with Gasteiger partial charge in [-0.2, -0.15) is 0 Å². The number of likely N-dealkylation sites (tertiary alicyclic amines) is 1. The van der Waals surface area contributed by atoms with E-state index in [9.17, 15) is 4.79 Å². The van der Waals surface area contributed by atoms with E-state index in [2.05, 4.69) is 22.4 Å². The fourth-order valence-corrected chi connectivity index (χ4v) is 3.86. The molecule has 26 heavy (non-hydrogen) atoms. The Balaban J connectivity index is 1.41. The van der Waals surface area contributed by atoms with Gasteiger partial charge in [-0.05, 0) is 17.7 Å². The highest BCUT2D eigenvalue weighted by Crippen LogP contribution is 2.35. The van der Waals surface area contributed by atoms with Crippen molar-refractivity contribution >= 4 is 12.0 Å². The van der Waals surface area contributed by atoms with E-state index >= 15 is 0 Å². The molecule has 2 aliphatic rings. The van der Waals surface area contributed by atoms with Gasteiger partial charge in [-0.15, -0.1) is 0 Å². The van der Waals surface area contributed by atoms with Crippen molar-refractivity contribution in [2.24, 2.45) is 13.0 Å². The summed E-state index contributed by atoms with van der Waals surface area (Å²) in [5, 5.41) is 3.52. The second-order valence-corrected chi connectivity index (χ2v) is 7.07. The Morgan fingerprint density at radius 1 is 1.31 bits per heavy atom. The number of hydrogen-bond donors (Lipinski definition) is 1. The molecule has 1 fully saturated rings. The Morgan fingerprint density at radius 3 is 2.96 bits per heavy atom. The lowest BCUT2D eigenvalue weighted by atomic mass is 9.99. The van der Waals surface area contributed by atoms with Crippen LogP contribution in [0.5, 0.6) is 5.75 Å². The molecule has 2 aliphatic heterocycles. The number of carbonyl (C=O) groups excluding carboxylic acids is 1. The third-order valence-corrected chi connectivity index (χ3v) is 5.27. The lowest BCUT2D eigenvalue weighted by Crippen LogP contribution is -2.32. The fraction of sp³-hybridized carbons (Fsp3) is 0.400. The predicted molar refractivity (Wildman–Crippen MR) is 99.6 cm³/mol. The molecule has 3 heterocycles. The minimum atomic E-state index is 0.0207. The molecular weight excluding hydrogens is 328 g/mol. The molecule has 1 N–H and O–H groups in total. The van der Waals surface area contributed by atoms with E-state index < -0.39 is 0 Å². The van der Waals surface area contributed by atoms with E-state index in [0.29, 0.717) is 13.0 Å². The molecule has 6 heteroatoms. The number of fused-ring (bicyclic) bond motifs is 1. The van der Waals surface area contributed by atoms with Crippen molar-refractivity contribution in [2.45, 2.75) is 12.5 Å². The zero-order chi connectivity index (χ0) is 18.1.